The second-order valence-corrected chi connectivity index (χ2v) is 3.05. The van der Waals surface area contributed by atoms with Crippen molar-refractivity contribution in [1.29, 1.82) is 0 Å². The van der Waals surface area contributed by atoms with Crippen molar-refractivity contribution in [1.82, 2.24) is 14.8 Å². The van der Waals surface area contributed by atoms with E-state index in [0.717, 1.165) is 5.69 Å². The van der Waals surface area contributed by atoms with Crippen LogP contribution in [-0.2, 0) is 0 Å². The zero-order valence-corrected chi connectivity index (χ0v) is 7.69. The summed E-state index contributed by atoms with van der Waals surface area (Å²) in [5, 5.41) is 2.90. The van der Waals surface area contributed by atoms with Gasteiger partial charge in [0.05, 0.1) is 17.6 Å². The second-order valence-electron chi connectivity index (χ2n) is 3.05. The van der Waals surface area contributed by atoms with Crippen molar-refractivity contribution in [2.24, 2.45) is 0 Å². The fourth-order valence-electron chi connectivity index (χ4n) is 1.30. The van der Waals surface area contributed by atoms with E-state index in [9.17, 15) is 4.79 Å². The lowest BCUT2D eigenvalue weighted by molar-refractivity contribution is 0.835. The minimum absolute atomic E-state index is 0.125. The summed E-state index contributed by atoms with van der Waals surface area (Å²) in [5.74, 6) is 0. The molecule has 0 aliphatic heterocycles. The van der Waals surface area contributed by atoms with Crippen LogP contribution in [0.4, 0.5) is 5.69 Å². The minimum atomic E-state index is -0.125. The number of aryl methyl sites for hydroxylation is 1. The lowest BCUT2D eigenvalue weighted by Crippen LogP contribution is -2.15. The maximum absolute atomic E-state index is 11.4. The summed E-state index contributed by atoms with van der Waals surface area (Å²) < 4.78 is 1.40. The third-order valence-electron chi connectivity index (χ3n) is 1.92. The smallest absolute Gasteiger partial charge is 0.271 e. The Kier molecular flexibility index (Phi) is 1.85. The average molecular weight is 190 g/mol. The lowest BCUT2D eigenvalue weighted by atomic mass is 10.3. The van der Waals surface area contributed by atoms with E-state index in [0.29, 0.717) is 11.4 Å². The second kappa shape index (κ2) is 3.02. The fraction of sp³-hybridized carbons (Fsp3) is 0.111. The molecule has 5 nitrogen and oxygen atoms in total. The van der Waals surface area contributed by atoms with Gasteiger partial charge in [0.25, 0.3) is 5.56 Å². The molecule has 0 saturated carbocycles. The molecule has 0 radical (unpaired) electrons. The van der Waals surface area contributed by atoms with Gasteiger partial charge in [-0.05, 0) is 13.0 Å². The molecule has 72 valence electrons. The third-order valence-corrected chi connectivity index (χ3v) is 1.92. The first-order valence-corrected chi connectivity index (χ1v) is 4.17. The quantitative estimate of drug-likeness (QED) is 0.685. The van der Waals surface area contributed by atoms with Crippen LogP contribution < -0.4 is 11.3 Å². The predicted molar refractivity (Wildman–Crippen MR) is 53.3 cm³/mol. The Morgan fingerprint density at radius 3 is 2.93 bits per heavy atom. The molecule has 0 bridgehead atoms. The summed E-state index contributed by atoms with van der Waals surface area (Å²) >= 11 is 0. The molecule has 2 rings (SSSR count). The van der Waals surface area contributed by atoms with Crippen molar-refractivity contribution in [3.63, 3.8) is 0 Å². The normalized spacial score (nSPS) is 10.4. The number of anilines is 1. The molecule has 5 heteroatoms. The fourth-order valence-corrected chi connectivity index (χ4v) is 1.30. The first-order valence-electron chi connectivity index (χ1n) is 4.17. The van der Waals surface area contributed by atoms with Gasteiger partial charge in [-0.1, -0.05) is 0 Å². The zero-order valence-electron chi connectivity index (χ0n) is 7.69. The van der Waals surface area contributed by atoms with E-state index >= 15 is 0 Å². The van der Waals surface area contributed by atoms with Crippen molar-refractivity contribution in [2.45, 2.75) is 6.92 Å². The molecule has 0 saturated heterocycles. The molecule has 0 fully saturated rings. The van der Waals surface area contributed by atoms with Crippen LogP contribution in [-0.4, -0.2) is 14.8 Å². The Morgan fingerprint density at radius 1 is 1.57 bits per heavy atom. The van der Waals surface area contributed by atoms with Crippen LogP contribution in [0.5, 0.6) is 0 Å². The number of aromatic nitrogens is 3. The van der Waals surface area contributed by atoms with E-state index in [4.69, 9.17) is 5.73 Å². The Hall–Kier alpha value is -2.04. The number of nitrogens with zero attached hydrogens (tertiary/aromatic N) is 2. The molecule has 0 aliphatic carbocycles. The molecule has 0 aromatic carbocycles. The number of nitrogens with one attached hydrogen (secondary N) is 1. The van der Waals surface area contributed by atoms with Gasteiger partial charge in [-0.15, -0.1) is 0 Å². The maximum atomic E-state index is 11.4. The summed E-state index contributed by atoms with van der Waals surface area (Å²) in [4.78, 5) is 15.3. The SMILES string of the molecule is Cc1cc(=O)n(-c2ccncc2N)[nH]1. The van der Waals surface area contributed by atoms with E-state index in [-0.39, 0.29) is 5.56 Å². The zero-order chi connectivity index (χ0) is 10.1. The van der Waals surface area contributed by atoms with Gasteiger partial charge in [-0.3, -0.25) is 14.9 Å². The van der Waals surface area contributed by atoms with Gasteiger partial charge in [-0.2, -0.15) is 0 Å². The molecule has 3 N–H and O–H groups in total. The van der Waals surface area contributed by atoms with Crippen LogP contribution in [0.15, 0.2) is 29.3 Å². The maximum Gasteiger partial charge on any atom is 0.271 e. The molecule has 0 unspecified atom stereocenters. The van der Waals surface area contributed by atoms with Crippen LogP contribution in [0.1, 0.15) is 5.69 Å². The monoisotopic (exact) mass is 190 g/mol. The van der Waals surface area contributed by atoms with E-state index < -0.39 is 0 Å². The number of H-pyrrole nitrogens is 1. The summed E-state index contributed by atoms with van der Waals surface area (Å²) in [6.07, 6.45) is 3.10. The molecule has 0 aliphatic rings. The van der Waals surface area contributed by atoms with Gasteiger partial charge < -0.3 is 5.73 Å². The van der Waals surface area contributed by atoms with Crippen molar-refractivity contribution in [3.8, 4) is 5.69 Å². The van der Waals surface area contributed by atoms with Crippen molar-refractivity contribution in [3.05, 3.63) is 40.6 Å². The number of nitrogens with two attached hydrogens (primary N) is 1. The number of pyridine rings is 1. The molecule has 0 spiro atoms. The van der Waals surface area contributed by atoms with Crippen LogP contribution >= 0.6 is 0 Å². The molecular weight excluding hydrogens is 180 g/mol. The number of hydrogen-bond acceptors (Lipinski definition) is 3. The highest BCUT2D eigenvalue weighted by atomic mass is 16.1. The summed E-state index contributed by atoms with van der Waals surface area (Å²) in [6, 6.07) is 3.20. The number of rotatable bonds is 1. The highest BCUT2D eigenvalue weighted by Gasteiger charge is 2.05. The average Bonchev–Trinajstić information content (AvgIpc) is 2.46. The van der Waals surface area contributed by atoms with E-state index in [1.54, 1.807) is 12.3 Å². The molecule has 0 amide bonds. The number of aromatic amines is 1. The standard InChI is InChI=1S/C9H10N4O/c1-6-4-9(14)13(12-6)8-2-3-11-5-7(8)10/h2-5,12H,10H2,1H3. The molecule has 2 heterocycles. The van der Waals surface area contributed by atoms with Crippen LogP contribution in [0, 0.1) is 6.92 Å². The van der Waals surface area contributed by atoms with Crippen molar-refractivity contribution < 1.29 is 0 Å². The highest BCUT2D eigenvalue weighted by Crippen LogP contribution is 2.11. The first kappa shape index (κ1) is 8.55. The minimum Gasteiger partial charge on any atom is -0.396 e. The van der Waals surface area contributed by atoms with Crippen LogP contribution in [0.2, 0.25) is 0 Å². The predicted octanol–water partition coefficient (Wildman–Crippen LogP) is 0.451. The van der Waals surface area contributed by atoms with E-state index in [2.05, 4.69) is 10.1 Å². The van der Waals surface area contributed by atoms with Gasteiger partial charge in [-0.25, -0.2) is 4.68 Å². The molecule has 2 aromatic rings. The van der Waals surface area contributed by atoms with Gasteiger partial charge in [0.1, 0.15) is 0 Å². The van der Waals surface area contributed by atoms with Crippen LogP contribution in [0.25, 0.3) is 5.69 Å². The summed E-state index contributed by atoms with van der Waals surface area (Å²) in [5.41, 5.74) is 7.45. The Bertz CT molecular complexity index is 512. The van der Waals surface area contributed by atoms with Gasteiger partial charge in [0.15, 0.2) is 0 Å². The van der Waals surface area contributed by atoms with Gasteiger partial charge in [0.2, 0.25) is 0 Å². The number of nitrogen functional groups attached to an aromatic ring is 1. The molecule has 2 aromatic heterocycles. The Balaban J connectivity index is 2.66. The molecule has 0 atom stereocenters. The first-order chi connectivity index (χ1) is 6.68. The van der Waals surface area contributed by atoms with E-state index in [1.165, 1.54) is 16.9 Å². The van der Waals surface area contributed by atoms with Crippen LogP contribution in [0.3, 0.4) is 0 Å². The Morgan fingerprint density at radius 2 is 2.36 bits per heavy atom. The lowest BCUT2D eigenvalue weighted by Gasteiger charge is -2.03. The third kappa shape index (κ3) is 1.28. The van der Waals surface area contributed by atoms with Gasteiger partial charge >= 0.3 is 0 Å². The summed E-state index contributed by atoms with van der Waals surface area (Å²) in [6.45, 7) is 1.81. The topological polar surface area (TPSA) is 76.7 Å². The van der Waals surface area contributed by atoms with Crippen molar-refractivity contribution in [2.75, 3.05) is 5.73 Å². The van der Waals surface area contributed by atoms with E-state index in [1.807, 2.05) is 6.92 Å². The largest absolute Gasteiger partial charge is 0.396 e. The van der Waals surface area contributed by atoms with Gasteiger partial charge in [0, 0.05) is 18.0 Å². The summed E-state index contributed by atoms with van der Waals surface area (Å²) in [7, 11) is 0. The number of hydrogen-bond donors (Lipinski definition) is 2. The molecular formula is C9H10N4O. The molecule has 14 heavy (non-hydrogen) atoms. The Labute approximate surface area is 80.2 Å². The highest BCUT2D eigenvalue weighted by molar-refractivity contribution is 5.54. The van der Waals surface area contributed by atoms with Crippen molar-refractivity contribution >= 4 is 5.69 Å².